The van der Waals surface area contributed by atoms with Gasteiger partial charge in [0.15, 0.2) is 0 Å². The molecule has 36 heavy (non-hydrogen) atoms. The van der Waals surface area contributed by atoms with E-state index < -0.39 is 17.6 Å². The van der Waals surface area contributed by atoms with Gasteiger partial charge in [0.25, 0.3) is 5.91 Å². The molecule has 0 aliphatic carbocycles. The second kappa shape index (κ2) is 10.6. The predicted octanol–water partition coefficient (Wildman–Crippen LogP) is 6.76. The van der Waals surface area contributed by atoms with Crippen molar-refractivity contribution in [3.05, 3.63) is 107 Å². The van der Waals surface area contributed by atoms with Crippen molar-refractivity contribution in [1.29, 1.82) is 0 Å². The third-order valence-electron chi connectivity index (χ3n) is 5.27. The van der Waals surface area contributed by atoms with E-state index in [4.69, 9.17) is 0 Å². The quantitative estimate of drug-likeness (QED) is 0.294. The first-order valence-corrected chi connectivity index (χ1v) is 11.6. The average Bonchev–Trinajstić information content (AvgIpc) is 3.41. The summed E-state index contributed by atoms with van der Waals surface area (Å²) < 4.78 is 39.1. The number of carbonyl (C=O) groups is 2. The number of carbonyl (C=O) groups excluding carboxylic acids is 2. The van der Waals surface area contributed by atoms with Crippen LogP contribution < -0.4 is 10.2 Å². The minimum atomic E-state index is -4.51. The first-order chi connectivity index (χ1) is 17.2. The van der Waals surface area contributed by atoms with Crippen molar-refractivity contribution >= 4 is 40.6 Å². The second-order valence-corrected chi connectivity index (χ2v) is 8.64. The number of aromatic nitrogens is 1. The molecule has 0 bridgehead atoms. The number of alkyl halides is 3. The monoisotopic (exact) mass is 507 g/mol. The highest BCUT2D eigenvalue weighted by atomic mass is 32.1. The van der Waals surface area contributed by atoms with Crippen molar-refractivity contribution in [2.45, 2.75) is 6.18 Å². The molecule has 9 heteroatoms. The largest absolute Gasteiger partial charge is 0.416 e. The zero-order valence-corrected chi connectivity index (χ0v) is 19.8. The minimum Gasteiger partial charge on any atom is -0.322 e. The van der Waals surface area contributed by atoms with Crippen LogP contribution in [0.15, 0.2) is 90.4 Å². The van der Waals surface area contributed by atoms with Crippen LogP contribution in [0, 0.1) is 0 Å². The van der Waals surface area contributed by atoms with E-state index in [9.17, 15) is 22.8 Å². The fourth-order valence-corrected chi connectivity index (χ4v) is 4.14. The molecular weight excluding hydrogens is 487 g/mol. The van der Waals surface area contributed by atoms with Crippen molar-refractivity contribution in [2.24, 2.45) is 0 Å². The molecule has 4 aromatic rings. The smallest absolute Gasteiger partial charge is 0.322 e. The number of benzene rings is 3. The van der Waals surface area contributed by atoms with E-state index in [1.165, 1.54) is 36.6 Å². The van der Waals surface area contributed by atoms with E-state index in [2.05, 4.69) is 10.3 Å². The van der Waals surface area contributed by atoms with Gasteiger partial charge in [-0.1, -0.05) is 30.3 Å². The molecule has 4 rings (SSSR count). The number of anilines is 2. The maximum atomic E-state index is 13.0. The van der Waals surface area contributed by atoms with Crippen LogP contribution in [0.5, 0.6) is 0 Å². The van der Waals surface area contributed by atoms with Crippen molar-refractivity contribution in [2.75, 3.05) is 17.3 Å². The Labute approximate surface area is 209 Å². The molecule has 0 fully saturated rings. The van der Waals surface area contributed by atoms with Crippen LogP contribution in [0.1, 0.15) is 21.5 Å². The lowest BCUT2D eigenvalue weighted by atomic mass is 10.1. The lowest BCUT2D eigenvalue weighted by Gasteiger charge is -2.19. The van der Waals surface area contributed by atoms with Gasteiger partial charge in [-0.2, -0.15) is 13.2 Å². The number of nitrogens with one attached hydrogen (secondary N) is 1. The van der Waals surface area contributed by atoms with Gasteiger partial charge in [-0.3, -0.25) is 9.59 Å². The third-order valence-corrected chi connectivity index (χ3v) is 6.08. The van der Waals surface area contributed by atoms with Gasteiger partial charge in [0.05, 0.1) is 11.3 Å². The summed E-state index contributed by atoms with van der Waals surface area (Å²) in [5.74, 6) is -0.844. The Morgan fingerprint density at radius 1 is 1.00 bits per heavy atom. The highest BCUT2D eigenvalue weighted by molar-refractivity contribution is 7.13. The van der Waals surface area contributed by atoms with Gasteiger partial charge in [-0.25, -0.2) is 4.98 Å². The number of nitrogens with zero attached hydrogens (tertiary/aromatic N) is 2. The molecule has 0 atom stereocenters. The number of rotatable bonds is 6. The van der Waals surface area contributed by atoms with E-state index in [-0.39, 0.29) is 17.2 Å². The van der Waals surface area contributed by atoms with Crippen LogP contribution in [-0.2, 0) is 11.0 Å². The topological polar surface area (TPSA) is 62.3 Å². The molecule has 2 amide bonds. The molecule has 1 aromatic heterocycles. The molecular formula is C27H20F3N3O2S. The van der Waals surface area contributed by atoms with E-state index in [0.29, 0.717) is 11.3 Å². The van der Waals surface area contributed by atoms with Gasteiger partial charge in [0.2, 0.25) is 5.91 Å². The molecule has 0 spiro atoms. The molecule has 0 radical (unpaired) electrons. The fraction of sp³-hybridized carbons (Fsp3) is 0.0741. The van der Waals surface area contributed by atoms with E-state index >= 15 is 0 Å². The highest BCUT2D eigenvalue weighted by Gasteiger charge is 2.31. The van der Waals surface area contributed by atoms with Crippen molar-refractivity contribution in [1.82, 2.24) is 4.98 Å². The number of para-hydroxylation sites is 1. The molecule has 1 heterocycles. The lowest BCUT2D eigenvalue weighted by Crippen LogP contribution is -2.26. The van der Waals surface area contributed by atoms with Crippen LogP contribution in [0.4, 0.5) is 24.5 Å². The minimum absolute atomic E-state index is 0.119. The number of amides is 2. The SMILES string of the molecule is CN(C(=O)c1cccc(/C=C/C(=O)Nc2ccccc2-c2nccs2)c1)c1cccc(C(F)(F)F)c1. The summed E-state index contributed by atoms with van der Waals surface area (Å²) in [6.07, 6.45) is 0.0877. The molecule has 5 nitrogen and oxygen atoms in total. The highest BCUT2D eigenvalue weighted by Crippen LogP contribution is 2.32. The zero-order chi connectivity index (χ0) is 25.7. The van der Waals surface area contributed by atoms with Gasteiger partial charge in [0, 0.05) is 41.5 Å². The standard InChI is InChI=1S/C27H20F3N3O2S/c1-33(21-9-5-8-20(17-21)27(28,29)30)26(35)19-7-4-6-18(16-19)12-13-24(34)32-23-11-3-2-10-22(23)25-31-14-15-36-25/h2-17H,1H3,(H,32,34)/b13-12+. The lowest BCUT2D eigenvalue weighted by molar-refractivity contribution is -0.137. The summed E-state index contributed by atoms with van der Waals surface area (Å²) in [6, 6.07) is 18.4. The number of hydrogen-bond donors (Lipinski definition) is 1. The number of thiazole rings is 1. The Morgan fingerprint density at radius 2 is 1.78 bits per heavy atom. The van der Waals surface area contributed by atoms with Crippen molar-refractivity contribution in [3.8, 4) is 10.6 Å². The molecule has 0 saturated carbocycles. The third kappa shape index (κ3) is 5.87. The van der Waals surface area contributed by atoms with Gasteiger partial charge < -0.3 is 10.2 Å². The second-order valence-electron chi connectivity index (χ2n) is 7.74. The Bertz CT molecular complexity index is 1420. The number of hydrogen-bond acceptors (Lipinski definition) is 4. The van der Waals surface area contributed by atoms with E-state index in [1.807, 2.05) is 23.6 Å². The van der Waals surface area contributed by atoms with Crippen LogP contribution >= 0.6 is 11.3 Å². The van der Waals surface area contributed by atoms with Crippen molar-refractivity contribution in [3.63, 3.8) is 0 Å². The maximum Gasteiger partial charge on any atom is 0.416 e. The Kier molecular flexibility index (Phi) is 7.30. The van der Waals surface area contributed by atoms with Gasteiger partial charge >= 0.3 is 6.18 Å². The van der Waals surface area contributed by atoms with Crippen LogP contribution in [-0.4, -0.2) is 23.8 Å². The number of halogens is 3. The summed E-state index contributed by atoms with van der Waals surface area (Å²) in [6.45, 7) is 0. The summed E-state index contributed by atoms with van der Waals surface area (Å²) in [7, 11) is 1.41. The first kappa shape index (κ1) is 24.9. The van der Waals surface area contributed by atoms with Gasteiger partial charge in [-0.05, 0) is 54.1 Å². The summed E-state index contributed by atoms with van der Waals surface area (Å²) in [5.41, 5.74) is 1.56. The molecule has 1 N–H and O–H groups in total. The molecule has 0 aliphatic heterocycles. The fourth-order valence-electron chi connectivity index (χ4n) is 3.46. The summed E-state index contributed by atoms with van der Waals surface area (Å²) >= 11 is 1.46. The first-order valence-electron chi connectivity index (χ1n) is 10.8. The maximum absolute atomic E-state index is 13.0. The van der Waals surface area contributed by atoms with Gasteiger partial charge in [0.1, 0.15) is 5.01 Å². The zero-order valence-electron chi connectivity index (χ0n) is 19.0. The van der Waals surface area contributed by atoms with E-state index in [1.54, 1.807) is 42.6 Å². The normalized spacial score (nSPS) is 11.4. The molecule has 0 aliphatic rings. The molecule has 3 aromatic carbocycles. The Morgan fingerprint density at radius 3 is 2.53 bits per heavy atom. The Balaban J connectivity index is 1.47. The Hall–Kier alpha value is -4.24. The van der Waals surface area contributed by atoms with Gasteiger partial charge in [-0.15, -0.1) is 11.3 Å². The average molecular weight is 508 g/mol. The summed E-state index contributed by atoms with van der Waals surface area (Å²) in [4.78, 5) is 30.9. The molecule has 182 valence electrons. The summed E-state index contributed by atoms with van der Waals surface area (Å²) in [5, 5.41) is 5.47. The van der Waals surface area contributed by atoms with E-state index in [0.717, 1.165) is 27.6 Å². The van der Waals surface area contributed by atoms with Crippen molar-refractivity contribution < 1.29 is 22.8 Å². The van der Waals surface area contributed by atoms with Crippen LogP contribution in [0.3, 0.4) is 0 Å². The molecule has 0 unspecified atom stereocenters. The van der Waals surface area contributed by atoms with Crippen LogP contribution in [0.25, 0.3) is 16.6 Å². The predicted molar refractivity (Wildman–Crippen MR) is 136 cm³/mol. The molecule has 0 saturated heterocycles. The van der Waals surface area contributed by atoms with Crippen LogP contribution in [0.2, 0.25) is 0 Å².